The van der Waals surface area contributed by atoms with Crippen molar-refractivity contribution in [3.05, 3.63) is 35.1 Å². The van der Waals surface area contributed by atoms with E-state index in [0.29, 0.717) is 17.7 Å². The fourth-order valence-corrected chi connectivity index (χ4v) is 2.52. The van der Waals surface area contributed by atoms with Crippen molar-refractivity contribution in [3.63, 3.8) is 0 Å². The van der Waals surface area contributed by atoms with E-state index in [2.05, 4.69) is 53.1 Å². The highest BCUT2D eigenvalue weighted by Crippen LogP contribution is 2.27. The largest absolute Gasteiger partial charge is 0.464 e. The molecular weight excluding hydrogens is 294 g/mol. The van der Waals surface area contributed by atoms with Crippen LogP contribution in [0.2, 0.25) is 5.28 Å². The lowest BCUT2D eigenvalue weighted by Gasteiger charge is -2.07. The maximum atomic E-state index is 5.86. The molecule has 0 radical (unpaired) electrons. The summed E-state index contributed by atoms with van der Waals surface area (Å²) in [5, 5.41) is 0.676. The molecule has 0 spiro atoms. The van der Waals surface area contributed by atoms with Crippen molar-refractivity contribution >= 4 is 23.4 Å². The van der Waals surface area contributed by atoms with E-state index in [-0.39, 0.29) is 11.3 Å². The molecule has 1 aromatic carbocycles. The van der Waals surface area contributed by atoms with E-state index in [0.717, 1.165) is 4.90 Å². The van der Waals surface area contributed by atoms with Crippen LogP contribution in [0.1, 0.15) is 32.3 Å². The fourth-order valence-electron chi connectivity index (χ4n) is 1.58. The van der Waals surface area contributed by atoms with Crippen LogP contribution in [0.5, 0.6) is 6.01 Å². The molecule has 6 heteroatoms. The number of rotatable bonds is 5. The maximum Gasteiger partial charge on any atom is 0.321 e. The Morgan fingerprint density at radius 3 is 2.45 bits per heavy atom. The SMILES string of the molecule is CCOc1nc(Cl)nc(Sc2ccc(C(C)C)cc2)n1. The summed E-state index contributed by atoms with van der Waals surface area (Å²) < 4.78 is 5.26. The molecule has 2 rings (SSSR count). The van der Waals surface area contributed by atoms with Crippen LogP contribution in [0.25, 0.3) is 0 Å². The zero-order valence-corrected chi connectivity index (χ0v) is 13.2. The molecule has 4 nitrogen and oxygen atoms in total. The molecule has 0 aliphatic heterocycles. The third-order valence-corrected chi connectivity index (χ3v) is 3.64. The molecule has 0 unspecified atom stereocenters. The highest BCUT2D eigenvalue weighted by Gasteiger charge is 2.08. The first-order valence-corrected chi connectivity index (χ1v) is 7.60. The monoisotopic (exact) mass is 309 g/mol. The van der Waals surface area contributed by atoms with Crippen molar-refractivity contribution in [2.75, 3.05) is 6.61 Å². The van der Waals surface area contributed by atoms with Gasteiger partial charge in [-0.3, -0.25) is 0 Å². The smallest absolute Gasteiger partial charge is 0.321 e. The van der Waals surface area contributed by atoms with Gasteiger partial charge in [-0.25, -0.2) is 0 Å². The molecule has 0 saturated carbocycles. The van der Waals surface area contributed by atoms with Gasteiger partial charge in [0, 0.05) is 4.90 Å². The number of nitrogens with zero attached hydrogens (tertiary/aromatic N) is 3. The number of hydrogen-bond donors (Lipinski definition) is 0. The minimum absolute atomic E-state index is 0.143. The van der Waals surface area contributed by atoms with Crippen LogP contribution < -0.4 is 4.74 Å². The predicted molar refractivity (Wildman–Crippen MR) is 80.7 cm³/mol. The summed E-state index contributed by atoms with van der Waals surface area (Å²) in [6, 6.07) is 8.59. The van der Waals surface area contributed by atoms with Gasteiger partial charge in [-0.05, 0) is 53.9 Å². The Labute approximate surface area is 128 Å². The van der Waals surface area contributed by atoms with Crippen molar-refractivity contribution in [1.82, 2.24) is 15.0 Å². The second-order valence-electron chi connectivity index (χ2n) is 4.43. The van der Waals surface area contributed by atoms with Crippen molar-refractivity contribution in [1.29, 1.82) is 0 Å². The summed E-state index contributed by atoms with van der Waals surface area (Å²) >= 11 is 7.30. The average Bonchev–Trinajstić information content (AvgIpc) is 2.39. The number of aromatic nitrogens is 3. The molecule has 2 aromatic rings. The second-order valence-corrected chi connectivity index (χ2v) is 5.81. The van der Waals surface area contributed by atoms with Gasteiger partial charge in [-0.2, -0.15) is 15.0 Å². The minimum atomic E-state index is 0.143. The van der Waals surface area contributed by atoms with Crippen molar-refractivity contribution in [2.45, 2.75) is 36.7 Å². The van der Waals surface area contributed by atoms with Gasteiger partial charge in [0.15, 0.2) is 5.16 Å². The molecule has 0 aliphatic rings. The van der Waals surface area contributed by atoms with Gasteiger partial charge in [0.2, 0.25) is 5.28 Å². The quantitative estimate of drug-likeness (QED) is 0.828. The van der Waals surface area contributed by atoms with E-state index in [1.807, 2.05) is 6.92 Å². The summed E-state index contributed by atoms with van der Waals surface area (Å²) in [4.78, 5) is 13.3. The Bertz CT molecular complexity index is 575. The number of halogens is 1. The zero-order chi connectivity index (χ0) is 14.5. The molecule has 20 heavy (non-hydrogen) atoms. The van der Waals surface area contributed by atoms with Crippen LogP contribution >= 0.6 is 23.4 Å². The highest BCUT2D eigenvalue weighted by molar-refractivity contribution is 7.99. The summed E-state index contributed by atoms with van der Waals surface area (Å²) in [7, 11) is 0. The maximum absolute atomic E-state index is 5.86. The first-order chi connectivity index (χ1) is 9.58. The van der Waals surface area contributed by atoms with Crippen molar-refractivity contribution in [3.8, 4) is 6.01 Å². The topological polar surface area (TPSA) is 47.9 Å². The summed E-state index contributed by atoms with van der Waals surface area (Å²) in [5.41, 5.74) is 1.30. The standard InChI is InChI=1S/C14H16ClN3OS/c1-4-19-13-16-12(15)17-14(18-13)20-11-7-5-10(6-8-11)9(2)3/h5-9H,4H2,1-3H3. The first kappa shape index (κ1) is 15.1. The molecule has 0 N–H and O–H groups in total. The van der Waals surface area contributed by atoms with Crippen LogP contribution in [0.3, 0.4) is 0 Å². The molecule has 0 amide bonds. The summed E-state index contributed by atoms with van der Waals surface area (Å²) in [6.45, 7) is 6.70. The molecule has 1 aromatic heterocycles. The number of benzene rings is 1. The van der Waals surface area contributed by atoms with Crippen molar-refractivity contribution < 1.29 is 4.74 Å². The van der Waals surface area contributed by atoms with E-state index < -0.39 is 0 Å². The van der Waals surface area contributed by atoms with Gasteiger partial charge in [0.05, 0.1) is 6.61 Å². The summed E-state index contributed by atoms with van der Waals surface area (Å²) in [6.07, 6.45) is 0. The van der Waals surface area contributed by atoms with E-state index >= 15 is 0 Å². The van der Waals surface area contributed by atoms with Gasteiger partial charge in [0.1, 0.15) is 0 Å². The second kappa shape index (κ2) is 6.90. The lowest BCUT2D eigenvalue weighted by Crippen LogP contribution is -2.00. The van der Waals surface area contributed by atoms with Crippen LogP contribution in [-0.2, 0) is 0 Å². The average molecular weight is 310 g/mol. The van der Waals surface area contributed by atoms with Crippen LogP contribution in [0, 0.1) is 0 Å². The molecule has 106 valence electrons. The molecule has 1 heterocycles. The third-order valence-electron chi connectivity index (χ3n) is 2.60. The Balaban J connectivity index is 2.16. The Morgan fingerprint density at radius 1 is 1.15 bits per heavy atom. The Morgan fingerprint density at radius 2 is 1.85 bits per heavy atom. The van der Waals surface area contributed by atoms with Gasteiger partial charge < -0.3 is 4.74 Å². The van der Waals surface area contributed by atoms with Gasteiger partial charge in [-0.1, -0.05) is 26.0 Å². The Kier molecular flexibility index (Phi) is 5.20. The third kappa shape index (κ3) is 4.08. The first-order valence-electron chi connectivity index (χ1n) is 6.40. The van der Waals surface area contributed by atoms with Gasteiger partial charge in [-0.15, -0.1) is 0 Å². The molecule has 0 atom stereocenters. The normalized spacial score (nSPS) is 10.8. The lowest BCUT2D eigenvalue weighted by atomic mass is 10.0. The molecule has 0 fully saturated rings. The summed E-state index contributed by atoms with van der Waals surface area (Å²) in [5.74, 6) is 0.519. The molecule has 0 aliphatic carbocycles. The van der Waals surface area contributed by atoms with E-state index in [1.54, 1.807) is 0 Å². The lowest BCUT2D eigenvalue weighted by molar-refractivity contribution is 0.307. The van der Waals surface area contributed by atoms with E-state index in [4.69, 9.17) is 16.3 Å². The predicted octanol–water partition coefficient (Wildman–Crippen LogP) is 4.20. The number of hydrogen-bond acceptors (Lipinski definition) is 5. The van der Waals surface area contributed by atoms with E-state index in [9.17, 15) is 0 Å². The van der Waals surface area contributed by atoms with Crippen LogP contribution in [-0.4, -0.2) is 21.6 Å². The molecular formula is C14H16ClN3OS. The van der Waals surface area contributed by atoms with E-state index in [1.165, 1.54) is 17.3 Å². The Hall–Kier alpha value is -1.33. The van der Waals surface area contributed by atoms with Crippen LogP contribution in [0.15, 0.2) is 34.3 Å². The minimum Gasteiger partial charge on any atom is -0.464 e. The fraction of sp³-hybridized carbons (Fsp3) is 0.357. The van der Waals surface area contributed by atoms with Gasteiger partial charge in [0.25, 0.3) is 0 Å². The zero-order valence-electron chi connectivity index (χ0n) is 11.6. The highest BCUT2D eigenvalue weighted by atomic mass is 35.5. The van der Waals surface area contributed by atoms with Crippen LogP contribution in [0.4, 0.5) is 0 Å². The van der Waals surface area contributed by atoms with Gasteiger partial charge >= 0.3 is 6.01 Å². The van der Waals surface area contributed by atoms with Crippen molar-refractivity contribution in [2.24, 2.45) is 0 Å². The molecule has 0 bridgehead atoms. The number of ether oxygens (including phenoxy) is 1. The molecule has 0 saturated heterocycles.